The third kappa shape index (κ3) is 10.3. The summed E-state index contributed by atoms with van der Waals surface area (Å²) in [5.74, 6) is 0. The highest BCUT2D eigenvalue weighted by Crippen LogP contribution is 2.08. The Labute approximate surface area is 97.4 Å². The van der Waals surface area contributed by atoms with Gasteiger partial charge in [0.25, 0.3) is 0 Å². The van der Waals surface area contributed by atoms with E-state index in [2.05, 4.69) is 14.0 Å². The van der Waals surface area contributed by atoms with Crippen LogP contribution < -0.4 is 0 Å². The fourth-order valence-corrected chi connectivity index (χ4v) is 1.55. The lowest BCUT2D eigenvalue weighted by atomic mass is 10.2. The van der Waals surface area contributed by atoms with Crippen LogP contribution in [0.2, 0.25) is 0 Å². The molecule has 1 saturated heterocycles. The largest absolute Gasteiger partial charge is 0.394 e. The summed E-state index contributed by atoms with van der Waals surface area (Å²) in [7, 11) is -2.32. The molecule has 2 N–H and O–H groups in total. The lowest BCUT2D eigenvalue weighted by molar-refractivity contribution is -0.917. The molecule has 98 valence electrons. The van der Waals surface area contributed by atoms with E-state index in [-0.39, 0.29) is 0 Å². The van der Waals surface area contributed by atoms with Gasteiger partial charge in [-0.25, -0.2) is 0 Å². The van der Waals surface area contributed by atoms with Crippen molar-refractivity contribution >= 4 is 10.4 Å². The molecule has 1 aliphatic heterocycles. The molecule has 0 spiro atoms. The Morgan fingerprint density at radius 2 is 1.69 bits per heavy atom. The van der Waals surface area contributed by atoms with Crippen molar-refractivity contribution in [1.82, 2.24) is 0 Å². The fraction of sp³-hybridized carbons (Fsp3) is 1.00. The first kappa shape index (κ1) is 15.8. The Bertz CT molecular complexity index is 264. The van der Waals surface area contributed by atoms with Crippen LogP contribution in [-0.2, 0) is 15.1 Å². The molecule has 0 unspecified atom stereocenters. The van der Waals surface area contributed by atoms with Gasteiger partial charge in [-0.1, -0.05) is 13.3 Å². The second-order valence-electron chi connectivity index (χ2n) is 4.20. The third-order valence-electron chi connectivity index (χ3n) is 2.60. The van der Waals surface area contributed by atoms with E-state index in [1.807, 2.05) is 0 Å². The van der Waals surface area contributed by atoms with Crippen LogP contribution >= 0.6 is 0 Å². The van der Waals surface area contributed by atoms with Crippen molar-refractivity contribution in [2.45, 2.75) is 19.8 Å². The molecule has 0 radical (unpaired) electrons. The first-order chi connectivity index (χ1) is 7.27. The number of hydrogen-bond acceptors (Lipinski definition) is 3. The smallest absolute Gasteiger partial charge is 0.370 e. The van der Waals surface area contributed by atoms with Crippen LogP contribution in [0.4, 0.5) is 0 Å². The van der Waals surface area contributed by atoms with E-state index in [9.17, 15) is 0 Å². The van der Waals surface area contributed by atoms with Crippen molar-refractivity contribution < 1.29 is 26.7 Å². The number of likely N-dealkylation sites (N-methyl/N-ethyl adjacent to an activating group) is 1. The van der Waals surface area contributed by atoms with Gasteiger partial charge in [0.15, 0.2) is 0 Å². The fourth-order valence-electron chi connectivity index (χ4n) is 1.55. The van der Waals surface area contributed by atoms with Crippen LogP contribution in [0.15, 0.2) is 0 Å². The first-order valence-corrected chi connectivity index (χ1v) is 6.78. The molecule has 0 bridgehead atoms. The van der Waals surface area contributed by atoms with Crippen LogP contribution in [0.5, 0.6) is 0 Å². The van der Waals surface area contributed by atoms with Crippen molar-refractivity contribution in [2.24, 2.45) is 0 Å². The Hall–Kier alpha value is -0.210. The number of rotatable bonds is 3. The molecule has 1 rings (SSSR count). The van der Waals surface area contributed by atoms with E-state index in [0.717, 1.165) is 13.2 Å². The van der Waals surface area contributed by atoms with Crippen molar-refractivity contribution in [3.8, 4) is 0 Å². The second-order valence-corrected chi connectivity index (χ2v) is 5.10. The lowest BCUT2D eigenvalue weighted by Gasteiger charge is -2.37. The van der Waals surface area contributed by atoms with Gasteiger partial charge in [-0.05, 0) is 6.42 Å². The Morgan fingerprint density at radius 1 is 1.25 bits per heavy atom. The van der Waals surface area contributed by atoms with E-state index in [4.69, 9.17) is 22.3 Å². The minimum atomic E-state index is -4.67. The van der Waals surface area contributed by atoms with E-state index in [0.29, 0.717) is 0 Å². The molecule has 0 amide bonds. The molecule has 1 fully saturated rings. The van der Waals surface area contributed by atoms with Gasteiger partial charge < -0.3 is 9.22 Å². The number of hydrogen-bond donors (Lipinski definition) is 2. The van der Waals surface area contributed by atoms with Crippen LogP contribution in [0.25, 0.3) is 0 Å². The molecule has 0 aromatic carbocycles. The minimum absolute atomic E-state index is 0.959. The number of unbranched alkanes of at least 4 members (excludes halogenated alkanes) is 1. The maximum Gasteiger partial charge on any atom is 0.394 e. The third-order valence-corrected chi connectivity index (χ3v) is 2.60. The van der Waals surface area contributed by atoms with Gasteiger partial charge in [-0.15, -0.1) is 0 Å². The second kappa shape index (κ2) is 7.18. The molecule has 0 saturated carbocycles. The number of morpholine rings is 1. The van der Waals surface area contributed by atoms with E-state index in [1.54, 1.807) is 0 Å². The average Bonchev–Trinajstić information content (AvgIpc) is 2.13. The Morgan fingerprint density at radius 3 is 2.06 bits per heavy atom. The number of nitrogens with zero attached hydrogens (tertiary/aromatic N) is 1. The maximum absolute atomic E-state index is 8.74. The maximum atomic E-state index is 8.74. The van der Waals surface area contributed by atoms with Crippen molar-refractivity contribution in [2.75, 3.05) is 39.9 Å². The predicted molar refractivity (Wildman–Crippen MR) is 60.7 cm³/mol. The Balaban J connectivity index is 0.000000385. The number of quaternary nitrogens is 1. The molecule has 7 heteroatoms. The number of ether oxygens (including phenoxy) is 1. The predicted octanol–water partition coefficient (Wildman–Crippen LogP) is 0.611. The molecular formula is C9H22NO5S+. The highest BCUT2D eigenvalue weighted by molar-refractivity contribution is 7.79. The van der Waals surface area contributed by atoms with Crippen LogP contribution in [0, 0.1) is 0 Å². The van der Waals surface area contributed by atoms with Gasteiger partial charge in [-0.3, -0.25) is 9.11 Å². The monoisotopic (exact) mass is 256 g/mol. The molecule has 1 aliphatic rings. The topological polar surface area (TPSA) is 83.8 Å². The zero-order valence-electron chi connectivity index (χ0n) is 9.92. The summed E-state index contributed by atoms with van der Waals surface area (Å²) in [6.45, 7) is 7.92. The first-order valence-electron chi connectivity index (χ1n) is 5.38. The van der Waals surface area contributed by atoms with Gasteiger partial charge in [0.1, 0.15) is 13.1 Å². The molecule has 16 heavy (non-hydrogen) atoms. The molecule has 0 atom stereocenters. The quantitative estimate of drug-likeness (QED) is 0.571. The minimum Gasteiger partial charge on any atom is -0.370 e. The highest BCUT2D eigenvalue weighted by atomic mass is 32.3. The Kier molecular flexibility index (Phi) is 7.09. The van der Waals surface area contributed by atoms with Gasteiger partial charge in [-0.2, -0.15) is 8.42 Å². The zero-order valence-corrected chi connectivity index (χ0v) is 10.7. The van der Waals surface area contributed by atoms with Crippen molar-refractivity contribution in [1.29, 1.82) is 0 Å². The van der Waals surface area contributed by atoms with E-state index < -0.39 is 10.4 Å². The summed E-state index contributed by atoms with van der Waals surface area (Å²) in [5, 5.41) is 0. The van der Waals surface area contributed by atoms with Gasteiger partial charge in [0.2, 0.25) is 0 Å². The van der Waals surface area contributed by atoms with Crippen molar-refractivity contribution in [3.63, 3.8) is 0 Å². The standard InChI is InChI=1S/C9H20NO.H2O4S/c1-3-4-5-10(2)6-8-11-9-7-10;1-5(2,3)4/h3-9H2,1-2H3;(H2,1,2,3,4)/q+1;. The molecule has 1 heterocycles. The summed E-state index contributed by atoms with van der Waals surface area (Å²) >= 11 is 0. The average molecular weight is 256 g/mol. The van der Waals surface area contributed by atoms with Crippen LogP contribution in [0.3, 0.4) is 0 Å². The molecule has 0 aromatic rings. The van der Waals surface area contributed by atoms with Crippen LogP contribution in [0.1, 0.15) is 19.8 Å². The summed E-state index contributed by atoms with van der Waals surface area (Å²) < 4.78 is 38.1. The normalized spacial score (nSPS) is 19.8. The molecule has 0 aliphatic carbocycles. The van der Waals surface area contributed by atoms with Crippen molar-refractivity contribution in [3.05, 3.63) is 0 Å². The lowest BCUT2D eigenvalue weighted by Crippen LogP contribution is -2.52. The summed E-state index contributed by atoms with van der Waals surface area (Å²) in [4.78, 5) is 0. The summed E-state index contributed by atoms with van der Waals surface area (Å²) in [6, 6.07) is 0. The molecule has 6 nitrogen and oxygen atoms in total. The van der Waals surface area contributed by atoms with Crippen LogP contribution in [-0.4, -0.2) is 61.9 Å². The van der Waals surface area contributed by atoms with E-state index >= 15 is 0 Å². The highest BCUT2D eigenvalue weighted by Gasteiger charge is 2.23. The molecular weight excluding hydrogens is 234 g/mol. The van der Waals surface area contributed by atoms with E-state index in [1.165, 1.54) is 37.0 Å². The van der Waals surface area contributed by atoms with Gasteiger partial charge >= 0.3 is 10.4 Å². The zero-order chi connectivity index (χ0) is 12.7. The summed E-state index contributed by atoms with van der Waals surface area (Å²) in [6.07, 6.45) is 2.67. The van der Waals surface area contributed by atoms with Gasteiger partial charge in [0, 0.05) is 0 Å². The molecule has 0 aromatic heterocycles. The summed E-state index contributed by atoms with van der Waals surface area (Å²) in [5.41, 5.74) is 0. The van der Waals surface area contributed by atoms with Gasteiger partial charge in [0.05, 0.1) is 26.8 Å². The SMILES string of the molecule is CCCC[N+]1(C)CCOCC1.O=S(=O)(O)O.